The summed E-state index contributed by atoms with van der Waals surface area (Å²) in [5.74, 6) is -4.47. The molecule has 0 radical (unpaired) electrons. The summed E-state index contributed by atoms with van der Waals surface area (Å²) >= 11 is 0. The molecule has 33 heteroatoms. The molecule has 123 heavy (non-hydrogen) atoms. The van der Waals surface area contributed by atoms with E-state index in [9.17, 15) is 77.3 Å². The zero-order valence-corrected chi connectivity index (χ0v) is 72.9. The molecular weight excluding hydrogens is 1600 g/mol. The first-order valence-corrected chi connectivity index (χ1v) is 43.8. The second-order valence-electron chi connectivity index (χ2n) is 29.9. The van der Waals surface area contributed by atoms with E-state index in [4.69, 9.17) is 57.6 Å². The molecular formula is C90H147N5O28. The van der Waals surface area contributed by atoms with Crippen LogP contribution in [0.5, 0.6) is 11.5 Å². The molecule has 0 unspecified atom stereocenters. The van der Waals surface area contributed by atoms with Crippen LogP contribution in [-0.2, 0) is 95.4 Å². The highest BCUT2D eigenvalue weighted by molar-refractivity contribution is 5.89. The Morgan fingerprint density at radius 3 is 1.12 bits per heavy atom. The van der Waals surface area contributed by atoms with Crippen molar-refractivity contribution < 1.29 is 135 Å². The number of benzene rings is 2. The Morgan fingerprint density at radius 2 is 0.699 bits per heavy atom. The Labute approximate surface area is 727 Å². The first-order valence-electron chi connectivity index (χ1n) is 43.8. The third-order valence-corrected chi connectivity index (χ3v) is 19.3. The monoisotopic (exact) mass is 1750 g/mol. The number of aliphatic carboxylic acids is 2. The van der Waals surface area contributed by atoms with Crippen LogP contribution in [0.2, 0.25) is 0 Å². The number of ether oxygens (including phenoxy) is 10. The van der Waals surface area contributed by atoms with Gasteiger partial charge in [-0.25, -0.2) is 19.2 Å². The fourth-order valence-electron chi connectivity index (χ4n) is 12.0. The summed E-state index contributed by atoms with van der Waals surface area (Å²) in [5, 5.41) is 50.1. The lowest BCUT2D eigenvalue weighted by atomic mass is 9.89. The number of carboxylic acids is 4. The molecule has 33 nitrogen and oxygen atoms in total. The van der Waals surface area contributed by atoms with E-state index in [2.05, 4.69) is 26.6 Å². The van der Waals surface area contributed by atoms with Gasteiger partial charge in [0.25, 0.3) is 0 Å². The third kappa shape index (κ3) is 68.3. The van der Waals surface area contributed by atoms with E-state index in [1.165, 1.54) is 24.3 Å². The molecule has 0 aliphatic heterocycles. The molecule has 0 saturated carbocycles. The molecule has 700 valence electrons. The largest absolute Gasteiger partial charge is 0.494 e. The van der Waals surface area contributed by atoms with E-state index in [1.54, 1.807) is 31.2 Å². The van der Waals surface area contributed by atoms with Crippen molar-refractivity contribution in [3.63, 3.8) is 0 Å². The average Bonchev–Trinajstić information content (AvgIpc) is 0.885. The molecule has 2 rings (SSSR count). The summed E-state index contributed by atoms with van der Waals surface area (Å²) in [6.07, 6.45) is 22.1. The van der Waals surface area contributed by atoms with E-state index >= 15 is 0 Å². The molecule has 0 aliphatic rings. The zero-order valence-electron chi connectivity index (χ0n) is 72.9. The normalized spacial score (nSPS) is 11.9. The van der Waals surface area contributed by atoms with Crippen LogP contribution in [-0.4, -0.2) is 253 Å². The van der Waals surface area contributed by atoms with Crippen molar-refractivity contribution in [2.24, 2.45) is 11.8 Å². The molecule has 9 N–H and O–H groups in total. The molecule has 0 aliphatic carbocycles. The molecule has 0 bridgehead atoms. The lowest BCUT2D eigenvalue weighted by molar-refractivity contribution is -0.142. The average molecular weight is 1750 g/mol. The van der Waals surface area contributed by atoms with Gasteiger partial charge in [-0.2, -0.15) is 0 Å². The summed E-state index contributed by atoms with van der Waals surface area (Å²) in [7, 11) is 0. The Bertz CT molecular complexity index is 3230. The summed E-state index contributed by atoms with van der Waals surface area (Å²) in [5.41, 5.74) is 0.434. The number of rotatable bonds is 83. The van der Waals surface area contributed by atoms with Crippen molar-refractivity contribution in [1.82, 2.24) is 26.6 Å². The molecule has 0 fully saturated rings. The lowest BCUT2D eigenvalue weighted by Gasteiger charge is -2.14. The number of amides is 5. The van der Waals surface area contributed by atoms with Crippen LogP contribution >= 0.6 is 0 Å². The highest BCUT2D eigenvalue weighted by atomic mass is 16.5. The van der Waals surface area contributed by atoms with E-state index in [0.29, 0.717) is 116 Å². The smallest absolute Gasteiger partial charge is 0.335 e. The molecule has 2 aromatic carbocycles. The van der Waals surface area contributed by atoms with Gasteiger partial charge in [0.1, 0.15) is 67.4 Å². The summed E-state index contributed by atoms with van der Waals surface area (Å²) < 4.78 is 54.2. The zero-order chi connectivity index (χ0) is 89.9. The molecule has 5 amide bonds. The second kappa shape index (κ2) is 78.1. The van der Waals surface area contributed by atoms with Gasteiger partial charge in [-0.3, -0.25) is 47.9 Å². The predicted molar refractivity (Wildman–Crippen MR) is 461 cm³/mol. The Balaban J connectivity index is 0.00000246. The van der Waals surface area contributed by atoms with Crippen LogP contribution < -0.4 is 36.1 Å². The second-order valence-corrected chi connectivity index (χ2v) is 29.9. The number of Topliss-reactive ketones (excluding diaryl/α,β-unsaturated/α-hetero) is 5. The Kier molecular flexibility index (Phi) is 72.5. The van der Waals surface area contributed by atoms with Gasteiger partial charge < -0.3 is 94.4 Å². The van der Waals surface area contributed by atoms with E-state index in [0.717, 1.165) is 122 Å². The lowest BCUT2D eigenvalue weighted by Crippen LogP contribution is -2.41. The standard InChI is InChI=1S/C50H81N3O15.C39H62N2O13.CH4/c1-4-15-40(39(3)54)21-25-45(56)38(2)16-11-12-27-51-48(59)37-67-35-32-64-29-14-17-42(55)36-66-34-33-65-31-28-52-46(57)26-24-44(50(62)63)53-47(58)18-10-8-6-5-7-9-13-30-68-43-22-19-41(20-23-43)49(60)61;1-2-3-12-33(43)29-52-27-26-51-24-21-40-37(45)30-53-28-25-50-22-11-13-32(42)17-20-35(39(48)49)41-36(44)14-9-7-5-4-6-8-10-23-54-34-18-15-31(16-19-34)38(46)47;/h19-20,22-23,38,40,44H,4-18,21,24-37H2,1-3H3,(H,51,59)(H,52,57)(H,53,58)(H,60,61)(H,62,63);15-16,18-19,35H,2-14,17,20-30H2,1H3,(H,40,45)(H,41,44)(H,46,47)(H,48,49);1H4/t38-,40+,44-;35-;/m00./s1. The van der Waals surface area contributed by atoms with Gasteiger partial charge in [-0.1, -0.05) is 112 Å². The maximum absolute atomic E-state index is 12.4. The van der Waals surface area contributed by atoms with Crippen LogP contribution in [0, 0.1) is 11.8 Å². The molecule has 0 heterocycles. The van der Waals surface area contributed by atoms with Crippen LogP contribution in [0.4, 0.5) is 0 Å². The summed E-state index contributed by atoms with van der Waals surface area (Å²) in [6, 6.07) is 10.3. The van der Waals surface area contributed by atoms with E-state index < -0.39 is 36.0 Å². The quantitative estimate of drug-likeness (QED) is 0.0278. The fourth-order valence-corrected chi connectivity index (χ4v) is 12.0. The van der Waals surface area contributed by atoms with Crippen molar-refractivity contribution in [2.75, 3.05) is 139 Å². The highest BCUT2D eigenvalue weighted by Gasteiger charge is 2.24. The van der Waals surface area contributed by atoms with Gasteiger partial charge >= 0.3 is 23.9 Å². The first-order chi connectivity index (χ1) is 58.8. The van der Waals surface area contributed by atoms with Gasteiger partial charge in [0, 0.05) is 96.1 Å². The van der Waals surface area contributed by atoms with Crippen LogP contribution in [0.25, 0.3) is 0 Å². The maximum Gasteiger partial charge on any atom is 0.335 e. The van der Waals surface area contributed by atoms with Crippen LogP contribution in [0.1, 0.15) is 274 Å². The highest BCUT2D eigenvalue weighted by Crippen LogP contribution is 2.21. The van der Waals surface area contributed by atoms with Crippen LogP contribution in [0.3, 0.4) is 0 Å². The summed E-state index contributed by atoms with van der Waals surface area (Å²) in [6.45, 7) is 12.8. The molecule has 0 aromatic heterocycles. The number of unbranched alkanes of at least 4 members (excludes halogenated alkanes) is 14. The fraction of sp³-hybridized carbons (Fsp3) is 0.711. The maximum atomic E-state index is 12.4. The third-order valence-electron chi connectivity index (χ3n) is 19.3. The minimum atomic E-state index is -1.20. The van der Waals surface area contributed by atoms with Gasteiger partial charge in [-0.05, 0) is 139 Å². The number of hydrogen-bond donors (Lipinski definition) is 9. The van der Waals surface area contributed by atoms with Crippen molar-refractivity contribution >= 4 is 82.3 Å². The topological polar surface area (TPSA) is 472 Å². The van der Waals surface area contributed by atoms with Crippen molar-refractivity contribution in [3.8, 4) is 11.5 Å². The Morgan fingerprint density at radius 1 is 0.317 bits per heavy atom. The van der Waals surface area contributed by atoms with E-state index in [1.807, 2.05) is 20.8 Å². The molecule has 0 saturated heterocycles. The summed E-state index contributed by atoms with van der Waals surface area (Å²) in [4.78, 5) is 166. The van der Waals surface area contributed by atoms with Gasteiger partial charge in [0.05, 0.1) is 90.4 Å². The number of carbonyl (C=O) groups excluding carboxylic acids is 10. The van der Waals surface area contributed by atoms with Crippen LogP contribution in [0.15, 0.2) is 48.5 Å². The van der Waals surface area contributed by atoms with Crippen molar-refractivity contribution in [3.05, 3.63) is 59.7 Å². The SMILES string of the molecule is C.CCCCC(=O)COCCOCCNC(=O)COCCOCCCC(=O)CC[C@H](NC(=O)CCCCCCCCCOc1ccc(C(=O)O)cc1)C(=O)O.CCC[C@H](CCC(=O)[C@@H](C)CCCCNC(=O)COCCOCCCC(=O)COCCOCCNC(=O)CC[C@H](NC(=O)CCCCCCCCCOc1ccc(C(=O)O)cc1)C(=O)O)C(C)=O. The number of ketones is 5. The van der Waals surface area contributed by atoms with Crippen molar-refractivity contribution in [2.45, 2.75) is 266 Å². The van der Waals surface area contributed by atoms with Gasteiger partial charge in [-0.15, -0.1) is 0 Å². The number of carboxylic acid groups (broad SMARTS) is 4. The van der Waals surface area contributed by atoms with Gasteiger partial charge in [0.15, 0.2) is 11.6 Å². The number of aromatic carboxylic acids is 2. The number of nitrogens with one attached hydrogen (secondary N) is 5. The predicted octanol–water partition coefficient (Wildman–Crippen LogP) is 11.2. The molecule has 2 aromatic rings. The Hall–Kier alpha value is -8.70. The molecule has 4 atom stereocenters. The first kappa shape index (κ1) is 114. The number of hydrogen-bond acceptors (Lipinski definition) is 24. The van der Waals surface area contributed by atoms with E-state index in [-0.39, 0.29) is 219 Å². The molecule has 0 spiro atoms. The van der Waals surface area contributed by atoms with Gasteiger partial charge in [0.2, 0.25) is 29.5 Å². The minimum Gasteiger partial charge on any atom is -0.494 e. The minimum absolute atomic E-state index is 0. The van der Waals surface area contributed by atoms with Crippen molar-refractivity contribution in [1.29, 1.82) is 0 Å². The number of carbonyl (C=O) groups is 14.